The van der Waals surface area contributed by atoms with Crippen molar-refractivity contribution in [1.29, 1.82) is 0 Å². The van der Waals surface area contributed by atoms with Gasteiger partial charge in [0.05, 0.1) is 10.7 Å². The van der Waals surface area contributed by atoms with Gasteiger partial charge in [-0.1, -0.05) is 11.6 Å². The van der Waals surface area contributed by atoms with Crippen molar-refractivity contribution in [2.75, 3.05) is 5.73 Å². The molecule has 0 saturated heterocycles. The van der Waals surface area contributed by atoms with Gasteiger partial charge < -0.3 is 15.9 Å². The van der Waals surface area contributed by atoms with E-state index in [2.05, 4.69) is 0 Å². The Morgan fingerprint density at radius 1 is 1.07 bits per heavy atom. The topological polar surface area (TPSA) is 71.4 Å². The highest BCUT2D eigenvalue weighted by atomic mass is 35.5. The summed E-state index contributed by atoms with van der Waals surface area (Å²) < 4.78 is 1.22. The molecule has 0 amide bonds. The Kier molecular flexibility index (Phi) is 2.21. The van der Waals surface area contributed by atoms with Gasteiger partial charge in [-0.2, -0.15) is 0 Å². The number of benzene rings is 1. The van der Waals surface area contributed by atoms with Crippen molar-refractivity contribution in [2.24, 2.45) is 0 Å². The minimum absolute atomic E-state index is 0.0841. The van der Waals surface area contributed by atoms with Gasteiger partial charge in [-0.3, -0.25) is 4.57 Å². The zero-order valence-electron chi connectivity index (χ0n) is 7.68. The summed E-state index contributed by atoms with van der Waals surface area (Å²) in [4.78, 5) is 0. The molecule has 78 valence electrons. The molecule has 0 spiro atoms. The Balaban J connectivity index is 2.64. The lowest BCUT2D eigenvalue weighted by Crippen LogP contribution is -1.95. The summed E-state index contributed by atoms with van der Waals surface area (Å²) in [6.45, 7) is 0. The van der Waals surface area contributed by atoms with E-state index in [1.165, 1.54) is 16.7 Å². The van der Waals surface area contributed by atoms with Crippen LogP contribution in [0.4, 0.5) is 5.69 Å². The van der Waals surface area contributed by atoms with E-state index in [4.69, 9.17) is 17.3 Å². The van der Waals surface area contributed by atoms with Crippen molar-refractivity contribution in [3.05, 3.63) is 35.4 Å². The van der Waals surface area contributed by atoms with Gasteiger partial charge in [-0.15, -0.1) is 0 Å². The van der Waals surface area contributed by atoms with E-state index in [0.717, 1.165) is 0 Å². The second-order valence-corrected chi connectivity index (χ2v) is 3.50. The van der Waals surface area contributed by atoms with E-state index in [0.29, 0.717) is 16.4 Å². The largest absolute Gasteiger partial charge is 0.494 e. The molecular formula is C10H9ClN2O2. The van der Waals surface area contributed by atoms with Crippen LogP contribution in [-0.2, 0) is 0 Å². The van der Waals surface area contributed by atoms with Crippen LogP contribution < -0.4 is 5.73 Å². The summed E-state index contributed by atoms with van der Waals surface area (Å²) in [6, 6.07) is 7.57. The van der Waals surface area contributed by atoms with Crippen molar-refractivity contribution < 1.29 is 10.2 Å². The first-order chi connectivity index (χ1) is 7.09. The van der Waals surface area contributed by atoms with E-state index in [9.17, 15) is 10.2 Å². The number of aromatic hydroxyl groups is 2. The minimum Gasteiger partial charge on any atom is -0.494 e. The monoisotopic (exact) mass is 224 g/mol. The standard InChI is InChI=1S/C10H9ClN2O2/c11-7-5-6(12)1-2-8(7)13-9(14)3-4-10(13)15/h1-5,14-15H,12H2. The number of aromatic nitrogens is 1. The van der Waals surface area contributed by atoms with E-state index < -0.39 is 0 Å². The molecule has 0 atom stereocenters. The highest BCUT2D eigenvalue weighted by Gasteiger charge is 2.11. The number of halogens is 1. The zero-order valence-corrected chi connectivity index (χ0v) is 8.44. The predicted octanol–water partition coefficient (Wildman–Crippen LogP) is 2.12. The van der Waals surface area contributed by atoms with Crippen LogP contribution in [0.3, 0.4) is 0 Å². The lowest BCUT2D eigenvalue weighted by molar-refractivity contribution is 0.402. The Labute approximate surface area is 91.1 Å². The van der Waals surface area contributed by atoms with Crippen LogP contribution in [0.5, 0.6) is 11.8 Å². The maximum Gasteiger partial charge on any atom is 0.198 e. The zero-order chi connectivity index (χ0) is 11.0. The van der Waals surface area contributed by atoms with Crippen LogP contribution >= 0.6 is 11.6 Å². The number of nitrogen functional groups attached to an aromatic ring is 1. The Morgan fingerprint density at radius 2 is 1.67 bits per heavy atom. The van der Waals surface area contributed by atoms with Gasteiger partial charge in [0.1, 0.15) is 0 Å². The lowest BCUT2D eigenvalue weighted by atomic mass is 10.3. The molecule has 5 heteroatoms. The van der Waals surface area contributed by atoms with Crippen molar-refractivity contribution in [2.45, 2.75) is 0 Å². The number of rotatable bonds is 1. The van der Waals surface area contributed by atoms with E-state index in [-0.39, 0.29) is 11.8 Å². The second kappa shape index (κ2) is 3.40. The molecule has 1 heterocycles. The van der Waals surface area contributed by atoms with Crippen molar-refractivity contribution >= 4 is 17.3 Å². The summed E-state index contributed by atoms with van der Waals surface area (Å²) in [7, 11) is 0. The lowest BCUT2D eigenvalue weighted by Gasteiger charge is -2.09. The Bertz CT molecular complexity index is 489. The predicted molar refractivity (Wildman–Crippen MR) is 58.5 cm³/mol. The molecule has 0 unspecified atom stereocenters. The quantitative estimate of drug-likeness (QED) is 0.650. The number of anilines is 1. The fourth-order valence-corrected chi connectivity index (χ4v) is 1.64. The van der Waals surface area contributed by atoms with Crippen LogP contribution in [0, 0.1) is 0 Å². The van der Waals surface area contributed by atoms with Crippen LogP contribution in [0.25, 0.3) is 5.69 Å². The van der Waals surface area contributed by atoms with Crippen LogP contribution in [-0.4, -0.2) is 14.8 Å². The molecule has 0 bridgehead atoms. The van der Waals surface area contributed by atoms with E-state index in [1.807, 2.05) is 0 Å². The average molecular weight is 225 g/mol. The first kappa shape index (κ1) is 9.73. The number of nitrogens with two attached hydrogens (primary N) is 1. The molecular weight excluding hydrogens is 216 g/mol. The molecule has 0 saturated carbocycles. The average Bonchev–Trinajstić information content (AvgIpc) is 2.48. The summed E-state index contributed by atoms with van der Waals surface area (Å²) in [5, 5.41) is 19.3. The summed E-state index contributed by atoms with van der Waals surface area (Å²) in [5.74, 6) is -0.168. The van der Waals surface area contributed by atoms with Gasteiger partial charge in [0.15, 0.2) is 11.8 Å². The fraction of sp³-hybridized carbons (Fsp3) is 0. The molecule has 4 N–H and O–H groups in total. The van der Waals surface area contributed by atoms with E-state index >= 15 is 0 Å². The third kappa shape index (κ3) is 1.59. The molecule has 0 fully saturated rings. The van der Waals surface area contributed by atoms with Gasteiger partial charge in [0.2, 0.25) is 0 Å². The maximum atomic E-state index is 9.49. The number of nitrogens with zero attached hydrogens (tertiary/aromatic N) is 1. The first-order valence-corrected chi connectivity index (χ1v) is 4.62. The highest BCUT2D eigenvalue weighted by molar-refractivity contribution is 6.32. The second-order valence-electron chi connectivity index (χ2n) is 3.10. The summed E-state index contributed by atoms with van der Waals surface area (Å²) in [5.41, 5.74) is 6.54. The van der Waals surface area contributed by atoms with Crippen molar-refractivity contribution in [1.82, 2.24) is 4.57 Å². The van der Waals surface area contributed by atoms with Gasteiger partial charge in [-0.05, 0) is 18.2 Å². The Morgan fingerprint density at radius 3 is 2.20 bits per heavy atom. The van der Waals surface area contributed by atoms with Crippen LogP contribution in [0.2, 0.25) is 5.02 Å². The smallest absolute Gasteiger partial charge is 0.198 e. The molecule has 0 aliphatic heterocycles. The molecule has 0 aliphatic rings. The van der Waals surface area contributed by atoms with Gasteiger partial charge >= 0.3 is 0 Å². The third-order valence-electron chi connectivity index (χ3n) is 2.05. The number of hydrogen-bond acceptors (Lipinski definition) is 3. The molecule has 1 aromatic heterocycles. The molecule has 0 radical (unpaired) electrons. The normalized spacial score (nSPS) is 10.5. The number of hydrogen-bond donors (Lipinski definition) is 3. The fourth-order valence-electron chi connectivity index (χ4n) is 1.37. The van der Waals surface area contributed by atoms with E-state index in [1.54, 1.807) is 18.2 Å². The third-order valence-corrected chi connectivity index (χ3v) is 2.36. The minimum atomic E-state index is -0.0841. The van der Waals surface area contributed by atoms with Gasteiger partial charge in [0.25, 0.3) is 0 Å². The highest BCUT2D eigenvalue weighted by Crippen LogP contribution is 2.31. The van der Waals surface area contributed by atoms with Crippen molar-refractivity contribution in [3.63, 3.8) is 0 Å². The van der Waals surface area contributed by atoms with Gasteiger partial charge in [0, 0.05) is 17.8 Å². The van der Waals surface area contributed by atoms with Crippen molar-refractivity contribution in [3.8, 4) is 17.4 Å². The van der Waals surface area contributed by atoms with Crippen LogP contribution in [0.15, 0.2) is 30.3 Å². The maximum absolute atomic E-state index is 9.49. The molecule has 1 aromatic carbocycles. The van der Waals surface area contributed by atoms with Crippen LogP contribution in [0.1, 0.15) is 0 Å². The summed E-state index contributed by atoms with van der Waals surface area (Å²) >= 11 is 5.94. The Hall–Kier alpha value is -1.81. The molecule has 4 nitrogen and oxygen atoms in total. The SMILES string of the molecule is Nc1ccc(-n2c(O)ccc2O)c(Cl)c1. The van der Waals surface area contributed by atoms with Gasteiger partial charge in [-0.25, -0.2) is 0 Å². The molecule has 15 heavy (non-hydrogen) atoms. The molecule has 0 aliphatic carbocycles. The summed E-state index contributed by atoms with van der Waals surface area (Å²) in [6.07, 6.45) is 0. The molecule has 2 rings (SSSR count). The molecule has 2 aromatic rings. The first-order valence-electron chi connectivity index (χ1n) is 4.24.